The Hall–Kier alpha value is -1.77. The number of ether oxygens (including phenoxy) is 1. The number of hydrogen-bond acceptors (Lipinski definition) is 5. The zero-order valence-electron chi connectivity index (χ0n) is 12.2. The van der Waals surface area contributed by atoms with Gasteiger partial charge in [0.2, 0.25) is 0 Å². The molecule has 0 saturated carbocycles. The van der Waals surface area contributed by atoms with E-state index in [-0.39, 0.29) is 18.5 Å². The van der Waals surface area contributed by atoms with Crippen molar-refractivity contribution in [3.05, 3.63) is 29.3 Å². The summed E-state index contributed by atoms with van der Waals surface area (Å²) in [6.07, 6.45) is 1.32. The van der Waals surface area contributed by atoms with Gasteiger partial charge in [0.05, 0.1) is 12.5 Å². The van der Waals surface area contributed by atoms with E-state index >= 15 is 0 Å². The predicted octanol–water partition coefficient (Wildman–Crippen LogP) is 2.58. The van der Waals surface area contributed by atoms with E-state index < -0.39 is 21.4 Å². The van der Waals surface area contributed by atoms with E-state index in [9.17, 15) is 26.4 Å². The molecule has 1 aromatic carbocycles. The van der Waals surface area contributed by atoms with Crippen LogP contribution in [0.2, 0.25) is 0 Å². The van der Waals surface area contributed by atoms with E-state index in [1.807, 2.05) is 0 Å². The first kappa shape index (κ1) is 17.6. The molecule has 0 saturated heterocycles. The summed E-state index contributed by atoms with van der Waals surface area (Å²) >= 11 is 0. The summed E-state index contributed by atoms with van der Waals surface area (Å²) in [5.41, 5.74) is -4.04. The number of carbonyl (C=O) groups excluding carboxylic acids is 1. The standard InChI is InChI=1S/C14H15F3O5S/c1-2-21-13(18)11-4-3-10-8-12(6-5-9(10)7-11)22-23(19,20)14(15,16)17/h5-6,8,11H,2-4,7H2,1H3. The Morgan fingerprint density at radius 3 is 2.61 bits per heavy atom. The summed E-state index contributed by atoms with van der Waals surface area (Å²) in [6.45, 7) is 1.99. The Bertz CT molecular complexity index is 697. The number of benzene rings is 1. The molecular formula is C14H15F3O5S. The van der Waals surface area contributed by atoms with Crippen molar-refractivity contribution in [2.24, 2.45) is 5.92 Å². The highest BCUT2D eigenvalue weighted by Gasteiger charge is 2.48. The van der Waals surface area contributed by atoms with Gasteiger partial charge in [-0.2, -0.15) is 21.6 Å². The van der Waals surface area contributed by atoms with Crippen LogP contribution in [0.5, 0.6) is 5.75 Å². The van der Waals surface area contributed by atoms with Gasteiger partial charge in [0.1, 0.15) is 5.75 Å². The fourth-order valence-electron chi connectivity index (χ4n) is 2.42. The van der Waals surface area contributed by atoms with Crippen LogP contribution in [0.25, 0.3) is 0 Å². The molecule has 0 spiro atoms. The van der Waals surface area contributed by atoms with E-state index in [1.165, 1.54) is 12.1 Å². The molecule has 23 heavy (non-hydrogen) atoms. The van der Waals surface area contributed by atoms with Crippen molar-refractivity contribution in [3.63, 3.8) is 0 Å². The third-order valence-electron chi connectivity index (χ3n) is 3.52. The Morgan fingerprint density at radius 2 is 2.00 bits per heavy atom. The van der Waals surface area contributed by atoms with Crippen molar-refractivity contribution in [1.82, 2.24) is 0 Å². The summed E-state index contributed by atoms with van der Waals surface area (Å²) < 4.78 is 68.0. The van der Waals surface area contributed by atoms with Crippen molar-refractivity contribution in [1.29, 1.82) is 0 Å². The molecule has 2 rings (SSSR count). The first-order valence-electron chi connectivity index (χ1n) is 6.93. The van der Waals surface area contributed by atoms with Gasteiger partial charge in [-0.3, -0.25) is 4.79 Å². The molecular weight excluding hydrogens is 337 g/mol. The van der Waals surface area contributed by atoms with Crippen molar-refractivity contribution < 1.29 is 35.3 Å². The van der Waals surface area contributed by atoms with E-state index in [4.69, 9.17) is 4.74 Å². The van der Waals surface area contributed by atoms with Crippen molar-refractivity contribution >= 4 is 16.1 Å². The highest BCUT2D eigenvalue weighted by molar-refractivity contribution is 7.88. The minimum absolute atomic E-state index is 0.282. The largest absolute Gasteiger partial charge is 0.534 e. The van der Waals surface area contributed by atoms with Crippen molar-refractivity contribution in [2.75, 3.05) is 6.61 Å². The van der Waals surface area contributed by atoms with Crippen LogP contribution in [-0.2, 0) is 32.5 Å². The van der Waals surface area contributed by atoms with E-state index in [2.05, 4.69) is 4.18 Å². The number of aryl methyl sites for hydroxylation is 1. The van der Waals surface area contributed by atoms with Gasteiger partial charge >= 0.3 is 21.6 Å². The van der Waals surface area contributed by atoms with E-state index in [0.29, 0.717) is 24.8 Å². The smallest absolute Gasteiger partial charge is 0.466 e. The number of carbonyl (C=O) groups is 1. The summed E-state index contributed by atoms with van der Waals surface area (Å²) in [7, 11) is -5.68. The van der Waals surface area contributed by atoms with Crippen LogP contribution in [0.3, 0.4) is 0 Å². The second kappa shape index (κ2) is 6.38. The minimum Gasteiger partial charge on any atom is -0.466 e. The van der Waals surface area contributed by atoms with Gasteiger partial charge in [-0.1, -0.05) is 6.07 Å². The first-order chi connectivity index (χ1) is 10.6. The molecule has 1 unspecified atom stereocenters. The van der Waals surface area contributed by atoms with Gasteiger partial charge in [0.15, 0.2) is 0 Å². The molecule has 0 aliphatic heterocycles. The second-order valence-corrected chi connectivity index (χ2v) is 6.64. The molecule has 1 aliphatic carbocycles. The zero-order chi connectivity index (χ0) is 17.3. The maximum absolute atomic E-state index is 12.3. The fourth-order valence-corrected chi connectivity index (χ4v) is 2.87. The normalized spacial score (nSPS) is 18.2. The molecule has 0 bridgehead atoms. The minimum atomic E-state index is -5.68. The topological polar surface area (TPSA) is 69.7 Å². The Balaban J connectivity index is 2.15. The number of alkyl halides is 3. The molecule has 1 aliphatic rings. The summed E-state index contributed by atoms with van der Waals surface area (Å²) in [5, 5.41) is 0. The SMILES string of the molecule is CCOC(=O)C1CCc2cc(OS(=O)(=O)C(F)(F)F)ccc2C1. The van der Waals surface area contributed by atoms with Crippen LogP contribution < -0.4 is 4.18 Å². The molecule has 0 aromatic heterocycles. The predicted molar refractivity (Wildman–Crippen MR) is 74.2 cm³/mol. The lowest BCUT2D eigenvalue weighted by Crippen LogP contribution is -2.28. The summed E-state index contributed by atoms with van der Waals surface area (Å²) in [5.74, 6) is -0.998. The number of esters is 1. The third kappa shape index (κ3) is 3.95. The second-order valence-electron chi connectivity index (χ2n) is 5.11. The number of fused-ring (bicyclic) bond motifs is 1. The summed E-state index contributed by atoms with van der Waals surface area (Å²) in [6, 6.07) is 3.89. The van der Waals surface area contributed by atoms with Gasteiger partial charge in [-0.25, -0.2) is 0 Å². The quantitative estimate of drug-likeness (QED) is 0.473. The van der Waals surface area contributed by atoms with Crippen LogP contribution in [0.4, 0.5) is 13.2 Å². The molecule has 0 radical (unpaired) electrons. The summed E-state index contributed by atoms with van der Waals surface area (Å²) in [4.78, 5) is 11.7. The lowest BCUT2D eigenvalue weighted by Gasteiger charge is -2.23. The van der Waals surface area contributed by atoms with Gasteiger partial charge in [0.25, 0.3) is 0 Å². The van der Waals surface area contributed by atoms with Gasteiger partial charge < -0.3 is 8.92 Å². The van der Waals surface area contributed by atoms with Crippen molar-refractivity contribution in [2.45, 2.75) is 31.7 Å². The van der Waals surface area contributed by atoms with Crippen LogP contribution in [-0.4, -0.2) is 26.5 Å². The van der Waals surface area contributed by atoms with Gasteiger partial charge in [0, 0.05) is 0 Å². The Kier molecular flexibility index (Phi) is 4.88. The van der Waals surface area contributed by atoms with Gasteiger partial charge in [-0.05, 0) is 49.4 Å². The van der Waals surface area contributed by atoms with E-state index in [0.717, 1.165) is 11.6 Å². The molecule has 5 nitrogen and oxygen atoms in total. The van der Waals surface area contributed by atoms with Gasteiger partial charge in [-0.15, -0.1) is 0 Å². The molecule has 0 N–H and O–H groups in total. The highest BCUT2D eigenvalue weighted by atomic mass is 32.2. The maximum Gasteiger partial charge on any atom is 0.534 e. The van der Waals surface area contributed by atoms with Crippen LogP contribution in [0, 0.1) is 5.92 Å². The van der Waals surface area contributed by atoms with E-state index in [1.54, 1.807) is 6.92 Å². The maximum atomic E-state index is 12.3. The fraction of sp³-hybridized carbons (Fsp3) is 0.500. The average molecular weight is 352 g/mol. The molecule has 0 amide bonds. The Labute approximate surface area is 131 Å². The lowest BCUT2D eigenvalue weighted by atomic mass is 9.84. The van der Waals surface area contributed by atoms with Crippen LogP contribution >= 0.6 is 0 Å². The molecule has 0 fully saturated rings. The number of hydrogen-bond donors (Lipinski definition) is 0. The van der Waals surface area contributed by atoms with Crippen LogP contribution in [0.1, 0.15) is 24.5 Å². The molecule has 0 heterocycles. The molecule has 1 atom stereocenters. The first-order valence-corrected chi connectivity index (χ1v) is 8.34. The van der Waals surface area contributed by atoms with Crippen molar-refractivity contribution in [3.8, 4) is 5.75 Å². The third-order valence-corrected chi connectivity index (χ3v) is 4.49. The highest BCUT2D eigenvalue weighted by Crippen LogP contribution is 2.32. The zero-order valence-corrected chi connectivity index (χ0v) is 13.0. The molecule has 1 aromatic rings. The molecule has 128 valence electrons. The monoisotopic (exact) mass is 352 g/mol. The number of rotatable bonds is 4. The number of halogens is 3. The Morgan fingerprint density at radius 1 is 1.30 bits per heavy atom. The average Bonchev–Trinajstić information content (AvgIpc) is 2.45. The van der Waals surface area contributed by atoms with Crippen LogP contribution in [0.15, 0.2) is 18.2 Å². The molecule has 9 heteroatoms. The lowest BCUT2D eigenvalue weighted by molar-refractivity contribution is -0.148.